The van der Waals surface area contributed by atoms with Crippen LogP contribution in [0.25, 0.3) is 0 Å². The van der Waals surface area contributed by atoms with E-state index in [9.17, 15) is 8.78 Å². The molecule has 0 aliphatic carbocycles. The van der Waals surface area contributed by atoms with E-state index in [1.54, 1.807) is 18.2 Å². The molecule has 0 radical (unpaired) electrons. The highest BCUT2D eigenvalue weighted by molar-refractivity contribution is 5.25. The molecule has 1 nitrogen and oxygen atoms in total. The third kappa shape index (κ3) is 3.52. The van der Waals surface area contributed by atoms with Crippen molar-refractivity contribution in [1.29, 1.82) is 0 Å². The minimum absolute atomic E-state index is 0.0157. The summed E-state index contributed by atoms with van der Waals surface area (Å²) in [5, 5.41) is 3.27. The van der Waals surface area contributed by atoms with Crippen LogP contribution >= 0.6 is 0 Å². The molecule has 1 heterocycles. The van der Waals surface area contributed by atoms with Crippen LogP contribution in [0, 0.1) is 12.8 Å². The Morgan fingerprint density at radius 3 is 2.89 bits per heavy atom. The van der Waals surface area contributed by atoms with Gasteiger partial charge in [0.15, 0.2) is 0 Å². The molecule has 1 N–H and O–H groups in total. The third-order valence-corrected chi connectivity index (χ3v) is 3.68. The van der Waals surface area contributed by atoms with Crippen molar-refractivity contribution in [3.63, 3.8) is 0 Å². The van der Waals surface area contributed by atoms with Gasteiger partial charge in [-0.15, -0.1) is 0 Å². The monoisotopic (exact) mass is 253 g/mol. The van der Waals surface area contributed by atoms with Gasteiger partial charge >= 0.3 is 0 Å². The van der Waals surface area contributed by atoms with Gasteiger partial charge in [-0.05, 0) is 45.2 Å². The first-order valence-electron chi connectivity index (χ1n) is 6.73. The lowest BCUT2D eigenvalue weighted by Gasteiger charge is -2.22. The molecule has 1 fully saturated rings. The SMILES string of the molecule is Cc1cccc(C(F)(F)CC2CCCNCC2)c1. The van der Waals surface area contributed by atoms with Gasteiger partial charge in [-0.1, -0.05) is 29.8 Å². The molecule has 1 aliphatic rings. The quantitative estimate of drug-likeness (QED) is 0.862. The van der Waals surface area contributed by atoms with Crippen molar-refractivity contribution in [3.05, 3.63) is 35.4 Å². The van der Waals surface area contributed by atoms with Crippen molar-refractivity contribution < 1.29 is 8.78 Å². The van der Waals surface area contributed by atoms with Crippen LogP contribution in [0.1, 0.15) is 36.8 Å². The molecule has 1 aliphatic heterocycles. The summed E-state index contributed by atoms with van der Waals surface area (Å²) in [6.45, 7) is 3.69. The van der Waals surface area contributed by atoms with Crippen LogP contribution in [0.4, 0.5) is 8.78 Å². The predicted octanol–water partition coefficient (Wildman–Crippen LogP) is 3.87. The summed E-state index contributed by atoms with van der Waals surface area (Å²) in [6, 6.07) is 6.72. The first-order valence-corrected chi connectivity index (χ1v) is 6.73. The number of nitrogens with one attached hydrogen (secondary N) is 1. The maximum Gasteiger partial charge on any atom is 0.273 e. The summed E-state index contributed by atoms with van der Waals surface area (Å²) in [4.78, 5) is 0. The first-order chi connectivity index (χ1) is 8.58. The highest BCUT2D eigenvalue weighted by Gasteiger charge is 2.34. The topological polar surface area (TPSA) is 12.0 Å². The van der Waals surface area contributed by atoms with Crippen molar-refractivity contribution in [1.82, 2.24) is 5.32 Å². The largest absolute Gasteiger partial charge is 0.317 e. The molecule has 1 saturated heterocycles. The van der Waals surface area contributed by atoms with Crippen molar-refractivity contribution in [3.8, 4) is 0 Å². The zero-order chi connectivity index (χ0) is 13.0. The Morgan fingerprint density at radius 2 is 2.11 bits per heavy atom. The lowest BCUT2D eigenvalue weighted by molar-refractivity contribution is -0.0305. The molecule has 0 bridgehead atoms. The Bertz CT molecular complexity index is 382. The van der Waals surface area contributed by atoms with Gasteiger partial charge in [0.05, 0.1) is 0 Å². The maximum absolute atomic E-state index is 14.2. The minimum Gasteiger partial charge on any atom is -0.317 e. The number of hydrogen-bond donors (Lipinski definition) is 1. The lowest BCUT2D eigenvalue weighted by Crippen LogP contribution is -2.20. The van der Waals surface area contributed by atoms with E-state index >= 15 is 0 Å². The van der Waals surface area contributed by atoms with E-state index in [-0.39, 0.29) is 17.9 Å². The van der Waals surface area contributed by atoms with E-state index < -0.39 is 5.92 Å². The number of benzene rings is 1. The molecule has 0 saturated carbocycles. The number of aryl methyl sites for hydroxylation is 1. The second-order valence-electron chi connectivity index (χ2n) is 5.32. The van der Waals surface area contributed by atoms with Crippen LogP contribution in [0.5, 0.6) is 0 Å². The molecule has 0 aromatic heterocycles. The average Bonchev–Trinajstić information content (AvgIpc) is 2.57. The number of halogens is 2. The van der Waals surface area contributed by atoms with Gasteiger partial charge in [-0.3, -0.25) is 0 Å². The Hall–Kier alpha value is -0.960. The fourth-order valence-corrected chi connectivity index (χ4v) is 2.65. The predicted molar refractivity (Wildman–Crippen MR) is 69.9 cm³/mol. The van der Waals surface area contributed by atoms with E-state index in [2.05, 4.69) is 5.32 Å². The van der Waals surface area contributed by atoms with E-state index in [4.69, 9.17) is 0 Å². The van der Waals surface area contributed by atoms with Crippen LogP contribution in [0.2, 0.25) is 0 Å². The number of alkyl halides is 2. The highest BCUT2D eigenvalue weighted by atomic mass is 19.3. The van der Waals surface area contributed by atoms with Crippen LogP contribution in [0.15, 0.2) is 24.3 Å². The molecular formula is C15H21F2N. The molecule has 1 unspecified atom stereocenters. The summed E-state index contributed by atoms with van der Waals surface area (Å²) in [5.41, 5.74) is 1.06. The molecule has 2 rings (SSSR count). The van der Waals surface area contributed by atoms with E-state index in [0.29, 0.717) is 0 Å². The summed E-state index contributed by atoms with van der Waals surface area (Å²) in [6.07, 6.45) is 2.77. The fourth-order valence-electron chi connectivity index (χ4n) is 2.65. The summed E-state index contributed by atoms with van der Waals surface area (Å²) in [7, 11) is 0. The van der Waals surface area contributed by atoms with Gasteiger partial charge < -0.3 is 5.32 Å². The van der Waals surface area contributed by atoms with Crippen molar-refractivity contribution in [2.75, 3.05) is 13.1 Å². The molecular weight excluding hydrogens is 232 g/mol. The van der Waals surface area contributed by atoms with Crippen LogP contribution < -0.4 is 5.32 Å². The van der Waals surface area contributed by atoms with Gasteiger partial charge in [-0.25, -0.2) is 8.78 Å². The third-order valence-electron chi connectivity index (χ3n) is 3.68. The van der Waals surface area contributed by atoms with E-state index in [1.807, 2.05) is 13.0 Å². The smallest absolute Gasteiger partial charge is 0.273 e. The first kappa shape index (κ1) is 13.5. The molecule has 18 heavy (non-hydrogen) atoms. The molecule has 0 amide bonds. The van der Waals surface area contributed by atoms with E-state index in [0.717, 1.165) is 37.9 Å². The van der Waals surface area contributed by atoms with Gasteiger partial charge in [-0.2, -0.15) is 0 Å². The molecule has 1 atom stereocenters. The zero-order valence-electron chi connectivity index (χ0n) is 10.9. The van der Waals surface area contributed by atoms with Crippen LogP contribution in [0.3, 0.4) is 0 Å². The van der Waals surface area contributed by atoms with Gasteiger partial charge in [0.25, 0.3) is 5.92 Å². The second-order valence-corrected chi connectivity index (χ2v) is 5.32. The van der Waals surface area contributed by atoms with Crippen LogP contribution in [-0.4, -0.2) is 13.1 Å². The maximum atomic E-state index is 14.2. The average molecular weight is 253 g/mol. The number of rotatable bonds is 3. The van der Waals surface area contributed by atoms with Gasteiger partial charge in [0, 0.05) is 12.0 Å². The van der Waals surface area contributed by atoms with Crippen molar-refractivity contribution in [2.45, 2.75) is 38.5 Å². The molecule has 0 spiro atoms. The van der Waals surface area contributed by atoms with Gasteiger partial charge in [0.1, 0.15) is 0 Å². The Labute approximate surface area is 108 Å². The molecule has 3 heteroatoms. The molecule has 1 aromatic rings. The zero-order valence-corrected chi connectivity index (χ0v) is 10.9. The lowest BCUT2D eigenvalue weighted by atomic mass is 9.90. The number of hydrogen-bond acceptors (Lipinski definition) is 1. The normalized spacial score (nSPS) is 21.6. The van der Waals surface area contributed by atoms with Gasteiger partial charge in [0.2, 0.25) is 0 Å². The molecule has 1 aromatic carbocycles. The highest BCUT2D eigenvalue weighted by Crippen LogP contribution is 2.37. The summed E-state index contributed by atoms with van der Waals surface area (Å²) < 4.78 is 28.5. The minimum atomic E-state index is -2.69. The standard InChI is InChI=1S/C15H21F2N/c1-12-4-2-6-14(10-12)15(16,17)11-13-5-3-8-18-9-7-13/h2,4,6,10,13,18H,3,5,7-9,11H2,1H3. The Balaban J connectivity index is 2.05. The summed E-state index contributed by atoms with van der Waals surface area (Å²) in [5.74, 6) is -2.56. The Kier molecular flexibility index (Phi) is 4.33. The molecule has 100 valence electrons. The second kappa shape index (κ2) is 5.79. The van der Waals surface area contributed by atoms with Crippen molar-refractivity contribution in [2.24, 2.45) is 5.92 Å². The Morgan fingerprint density at radius 1 is 1.28 bits per heavy atom. The fraction of sp³-hybridized carbons (Fsp3) is 0.600. The summed E-state index contributed by atoms with van der Waals surface area (Å²) >= 11 is 0. The van der Waals surface area contributed by atoms with Crippen LogP contribution in [-0.2, 0) is 5.92 Å². The van der Waals surface area contributed by atoms with Crippen molar-refractivity contribution >= 4 is 0 Å². The van der Waals surface area contributed by atoms with E-state index in [1.165, 1.54) is 0 Å².